The molecule has 0 saturated carbocycles. The van der Waals surface area contributed by atoms with E-state index in [-0.39, 0.29) is 11.8 Å². The molecule has 0 bridgehead atoms. The molecule has 0 amide bonds. The number of carbonyl (C=O) groups excluding carboxylic acids is 1. The van der Waals surface area contributed by atoms with Crippen LogP contribution in [0.3, 0.4) is 0 Å². The monoisotopic (exact) mass is 338 g/mol. The van der Waals surface area contributed by atoms with Crippen molar-refractivity contribution in [3.63, 3.8) is 0 Å². The van der Waals surface area contributed by atoms with Crippen LogP contribution < -0.4 is 0 Å². The zero-order valence-corrected chi connectivity index (χ0v) is 14.9. The van der Waals surface area contributed by atoms with Crippen LogP contribution in [-0.2, 0) is 0 Å². The van der Waals surface area contributed by atoms with Crippen molar-refractivity contribution in [2.75, 3.05) is 6.54 Å². The number of benzene rings is 1. The van der Waals surface area contributed by atoms with Crippen LogP contribution in [0, 0.1) is 6.92 Å². The third kappa shape index (κ3) is 2.50. The van der Waals surface area contributed by atoms with Crippen molar-refractivity contribution in [1.29, 1.82) is 0 Å². The number of fused-ring (bicyclic) bond motifs is 1. The summed E-state index contributed by atoms with van der Waals surface area (Å²) in [6.45, 7) is 5.06. The van der Waals surface area contributed by atoms with Crippen LogP contribution in [-0.4, -0.2) is 28.3 Å². The van der Waals surface area contributed by atoms with Gasteiger partial charge in [-0.3, -0.25) is 9.69 Å². The maximum atomic E-state index is 13.3. The zero-order valence-electron chi connectivity index (χ0n) is 14.1. The Bertz CT molecular complexity index is 865. The van der Waals surface area contributed by atoms with Gasteiger partial charge in [0.2, 0.25) is 0 Å². The normalized spacial score (nSPS) is 19.8. The van der Waals surface area contributed by atoms with Crippen LogP contribution in [0.25, 0.3) is 10.9 Å². The maximum Gasteiger partial charge on any atom is 0.182 e. The lowest BCUT2D eigenvalue weighted by Gasteiger charge is -2.29. The average Bonchev–Trinajstić information content (AvgIpc) is 3.31. The summed E-state index contributed by atoms with van der Waals surface area (Å²) in [6, 6.07) is 12.7. The Hall–Kier alpha value is -1.91. The lowest BCUT2D eigenvalue weighted by Crippen LogP contribution is -2.38. The highest BCUT2D eigenvalue weighted by atomic mass is 32.1. The number of aromatic nitrogens is 1. The SMILES string of the molecule is Cc1[nH]c2ccccc2c1C(=O)[C@@H](C)N1CCC[C@H]1c1cccs1. The molecule has 3 nitrogen and oxygen atoms in total. The van der Waals surface area contributed by atoms with Crippen molar-refractivity contribution < 1.29 is 4.79 Å². The molecule has 1 aliphatic heterocycles. The van der Waals surface area contributed by atoms with E-state index in [1.54, 1.807) is 11.3 Å². The predicted octanol–water partition coefficient (Wildman–Crippen LogP) is 4.95. The summed E-state index contributed by atoms with van der Waals surface area (Å²) in [7, 11) is 0. The van der Waals surface area contributed by atoms with E-state index < -0.39 is 0 Å². The van der Waals surface area contributed by atoms with Gasteiger partial charge in [0.15, 0.2) is 5.78 Å². The highest BCUT2D eigenvalue weighted by Gasteiger charge is 2.34. The minimum Gasteiger partial charge on any atom is -0.358 e. The number of para-hydroxylation sites is 1. The lowest BCUT2D eigenvalue weighted by molar-refractivity contribution is 0.0823. The Morgan fingerprint density at radius 1 is 1.29 bits per heavy atom. The summed E-state index contributed by atoms with van der Waals surface area (Å²) in [5.74, 6) is 0.230. The standard InChI is InChI=1S/C20H22N2OS/c1-13-19(15-7-3-4-8-16(15)21-13)20(23)14(2)22-11-5-9-17(22)18-10-6-12-24-18/h3-4,6-8,10,12,14,17,21H,5,9,11H2,1-2H3/t14-,17+/m1/s1. The minimum atomic E-state index is -0.0995. The second-order valence-corrected chi connectivity index (χ2v) is 7.60. The van der Waals surface area contributed by atoms with Gasteiger partial charge in [-0.05, 0) is 50.7 Å². The first kappa shape index (κ1) is 15.6. The molecule has 1 aliphatic rings. The molecule has 3 aromatic rings. The van der Waals surface area contributed by atoms with Crippen molar-refractivity contribution in [3.8, 4) is 0 Å². The van der Waals surface area contributed by atoms with Crippen molar-refractivity contribution in [2.45, 2.75) is 38.8 Å². The zero-order chi connectivity index (χ0) is 16.7. The summed E-state index contributed by atoms with van der Waals surface area (Å²) in [6.07, 6.45) is 2.30. The molecule has 4 rings (SSSR count). The van der Waals surface area contributed by atoms with Crippen LogP contribution in [0.15, 0.2) is 41.8 Å². The van der Waals surface area contributed by atoms with Gasteiger partial charge in [-0.1, -0.05) is 24.3 Å². The second kappa shape index (κ2) is 6.19. The summed E-state index contributed by atoms with van der Waals surface area (Å²) in [5.41, 5.74) is 2.87. The number of ketones is 1. The maximum absolute atomic E-state index is 13.3. The van der Waals surface area contributed by atoms with E-state index >= 15 is 0 Å². The summed E-state index contributed by atoms with van der Waals surface area (Å²) >= 11 is 1.80. The Morgan fingerprint density at radius 3 is 2.92 bits per heavy atom. The lowest BCUT2D eigenvalue weighted by atomic mass is 10.00. The molecule has 0 unspecified atom stereocenters. The average molecular weight is 338 g/mol. The van der Waals surface area contributed by atoms with Crippen LogP contribution in [0.5, 0.6) is 0 Å². The molecule has 1 saturated heterocycles. The number of carbonyl (C=O) groups is 1. The first-order valence-electron chi connectivity index (χ1n) is 8.57. The van der Waals surface area contributed by atoms with Crippen molar-refractivity contribution in [3.05, 3.63) is 57.9 Å². The number of nitrogens with zero attached hydrogens (tertiary/aromatic N) is 1. The summed E-state index contributed by atoms with van der Waals surface area (Å²) < 4.78 is 0. The summed E-state index contributed by atoms with van der Waals surface area (Å²) in [5, 5.41) is 3.17. The molecule has 3 heterocycles. The Morgan fingerprint density at radius 2 is 2.12 bits per heavy atom. The first-order chi connectivity index (χ1) is 11.7. The fourth-order valence-electron chi connectivity index (χ4n) is 3.99. The number of thiophene rings is 1. The quantitative estimate of drug-likeness (QED) is 0.684. The smallest absolute Gasteiger partial charge is 0.182 e. The molecule has 1 N–H and O–H groups in total. The number of Topliss-reactive ketones (excluding diaryl/α,β-unsaturated/α-hetero) is 1. The molecular weight excluding hydrogens is 316 g/mol. The summed E-state index contributed by atoms with van der Waals surface area (Å²) in [4.78, 5) is 20.4. The molecule has 0 aliphatic carbocycles. The van der Waals surface area contributed by atoms with Gasteiger partial charge in [0, 0.05) is 33.1 Å². The van der Waals surface area contributed by atoms with E-state index in [2.05, 4.69) is 34.3 Å². The van der Waals surface area contributed by atoms with Gasteiger partial charge in [-0.25, -0.2) is 0 Å². The first-order valence-corrected chi connectivity index (χ1v) is 9.45. The van der Waals surface area contributed by atoms with E-state index in [0.29, 0.717) is 6.04 Å². The highest BCUT2D eigenvalue weighted by molar-refractivity contribution is 7.10. The highest BCUT2D eigenvalue weighted by Crippen LogP contribution is 2.37. The van der Waals surface area contributed by atoms with E-state index in [9.17, 15) is 4.79 Å². The van der Waals surface area contributed by atoms with Crippen LogP contribution in [0.4, 0.5) is 0 Å². The topological polar surface area (TPSA) is 36.1 Å². The molecule has 24 heavy (non-hydrogen) atoms. The van der Waals surface area contributed by atoms with Crippen LogP contribution >= 0.6 is 11.3 Å². The van der Waals surface area contributed by atoms with E-state index in [1.165, 1.54) is 4.88 Å². The molecule has 124 valence electrons. The number of H-pyrrole nitrogens is 1. The van der Waals surface area contributed by atoms with Gasteiger partial charge < -0.3 is 4.98 Å². The van der Waals surface area contributed by atoms with Crippen molar-refractivity contribution in [1.82, 2.24) is 9.88 Å². The predicted molar refractivity (Wildman–Crippen MR) is 99.8 cm³/mol. The number of nitrogens with one attached hydrogen (secondary N) is 1. The molecule has 0 radical (unpaired) electrons. The largest absolute Gasteiger partial charge is 0.358 e. The van der Waals surface area contributed by atoms with Crippen molar-refractivity contribution >= 4 is 28.0 Å². The number of hydrogen-bond acceptors (Lipinski definition) is 3. The molecule has 1 fully saturated rings. The number of aromatic amines is 1. The third-order valence-corrected chi connectivity index (χ3v) is 6.16. The Labute approximate surface area is 146 Å². The molecule has 0 spiro atoms. The molecule has 1 aromatic carbocycles. The fraction of sp³-hybridized carbons (Fsp3) is 0.350. The fourth-order valence-corrected chi connectivity index (χ4v) is 4.87. The van der Waals surface area contributed by atoms with Crippen molar-refractivity contribution in [2.24, 2.45) is 0 Å². The molecular formula is C20H22N2OS. The minimum absolute atomic E-state index is 0.0995. The number of hydrogen-bond donors (Lipinski definition) is 1. The van der Waals surface area contributed by atoms with Gasteiger partial charge in [-0.2, -0.15) is 0 Å². The van der Waals surface area contributed by atoms with Gasteiger partial charge in [0.25, 0.3) is 0 Å². The number of aryl methyl sites for hydroxylation is 1. The van der Waals surface area contributed by atoms with Crippen LogP contribution in [0.2, 0.25) is 0 Å². The van der Waals surface area contributed by atoms with Gasteiger partial charge >= 0.3 is 0 Å². The Balaban J connectivity index is 1.67. The second-order valence-electron chi connectivity index (χ2n) is 6.62. The number of rotatable bonds is 4. The van der Waals surface area contributed by atoms with E-state index in [4.69, 9.17) is 0 Å². The van der Waals surface area contributed by atoms with E-state index in [0.717, 1.165) is 41.5 Å². The Kier molecular flexibility index (Phi) is 4.02. The number of likely N-dealkylation sites (tertiary alicyclic amines) is 1. The molecule has 2 atom stereocenters. The molecule has 2 aromatic heterocycles. The van der Waals surface area contributed by atoms with Gasteiger partial charge in [-0.15, -0.1) is 11.3 Å². The molecule has 4 heteroatoms. The van der Waals surface area contributed by atoms with E-state index in [1.807, 2.05) is 31.2 Å². The third-order valence-electron chi connectivity index (χ3n) is 5.18. The van der Waals surface area contributed by atoms with Gasteiger partial charge in [0.1, 0.15) is 0 Å². The van der Waals surface area contributed by atoms with Gasteiger partial charge in [0.05, 0.1) is 6.04 Å². The van der Waals surface area contributed by atoms with Crippen LogP contribution in [0.1, 0.15) is 46.7 Å².